The van der Waals surface area contributed by atoms with Crippen molar-refractivity contribution in [3.63, 3.8) is 0 Å². The highest BCUT2D eigenvalue weighted by Crippen LogP contribution is 2.21. The zero-order valence-electron chi connectivity index (χ0n) is 11.8. The Morgan fingerprint density at radius 2 is 1.68 bits per heavy atom. The van der Waals surface area contributed by atoms with E-state index in [0.29, 0.717) is 10.6 Å². The highest BCUT2D eigenvalue weighted by atomic mass is 35.5. The average Bonchev–Trinajstić information content (AvgIpc) is 3.02. The minimum atomic E-state index is 0.634. The van der Waals surface area contributed by atoms with E-state index in [2.05, 4.69) is 6.07 Å². The van der Waals surface area contributed by atoms with Crippen molar-refractivity contribution < 1.29 is 0 Å². The van der Waals surface area contributed by atoms with Gasteiger partial charge in [0.25, 0.3) is 0 Å². The van der Waals surface area contributed by atoms with Crippen LogP contribution in [0.3, 0.4) is 0 Å². The topological polar surface area (TPSA) is 28.7 Å². The van der Waals surface area contributed by atoms with Crippen molar-refractivity contribution in [1.29, 1.82) is 5.26 Å². The number of nitrogens with zero attached hydrogens (tertiary/aromatic N) is 2. The third kappa shape index (κ3) is 2.95. The van der Waals surface area contributed by atoms with Crippen LogP contribution in [0, 0.1) is 11.3 Å². The highest BCUT2D eigenvalue weighted by molar-refractivity contribution is 6.30. The first kappa shape index (κ1) is 14.2. The van der Waals surface area contributed by atoms with Gasteiger partial charge in [0, 0.05) is 22.6 Å². The molecule has 106 valence electrons. The maximum Gasteiger partial charge on any atom is 0.0998 e. The normalized spacial score (nSPS) is 11.2. The first-order valence-electron chi connectivity index (χ1n) is 6.88. The molecular formula is C19H13ClN2. The van der Waals surface area contributed by atoms with Crippen LogP contribution in [-0.4, -0.2) is 4.57 Å². The molecule has 0 saturated carbocycles. The fraction of sp³-hybridized carbons (Fsp3) is 0. The van der Waals surface area contributed by atoms with Crippen LogP contribution in [0.15, 0.2) is 72.9 Å². The predicted octanol–water partition coefficient (Wildman–Crippen LogP) is 5.19. The van der Waals surface area contributed by atoms with Crippen molar-refractivity contribution >= 4 is 23.3 Å². The lowest BCUT2D eigenvalue weighted by molar-refractivity contribution is 1.06. The first-order chi connectivity index (χ1) is 10.8. The number of rotatable bonds is 3. The molecule has 0 aliphatic heterocycles. The van der Waals surface area contributed by atoms with Crippen molar-refractivity contribution in [2.24, 2.45) is 0 Å². The molecule has 0 aliphatic carbocycles. The molecule has 0 amide bonds. The Balaban J connectivity index is 2.03. The van der Waals surface area contributed by atoms with Gasteiger partial charge in [-0.1, -0.05) is 41.9 Å². The summed E-state index contributed by atoms with van der Waals surface area (Å²) in [5.74, 6) is 0. The molecule has 0 spiro atoms. The molecule has 3 aromatic rings. The van der Waals surface area contributed by atoms with E-state index in [-0.39, 0.29) is 0 Å². The van der Waals surface area contributed by atoms with Gasteiger partial charge >= 0.3 is 0 Å². The third-order valence-corrected chi connectivity index (χ3v) is 3.63. The van der Waals surface area contributed by atoms with Gasteiger partial charge in [-0.05, 0) is 48.0 Å². The van der Waals surface area contributed by atoms with E-state index in [0.717, 1.165) is 16.9 Å². The summed E-state index contributed by atoms with van der Waals surface area (Å²) in [5.41, 5.74) is 3.50. The summed E-state index contributed by atoms with van der Waals surface area (Å²) in [6.07, 6.45) is 3.86. The molecule has 0 bridgehead atoms. The Morgan fingerprint density at radius 1 is 0.955 bits per heavy atom. The lowest BCUT2D eigenvalue weighted by atomic mass is 10.1. The van der Waals surface area contributed by atoms with Gasteiger partial charge in [0.05, 0.1) is 11.6 Å². The highest BCUT2D eigenvalue weighted by Gasteiger charge is 2.05. The zero-order valence-corrected chi connectivity index (χ0v) is 12.5. The Hall–Kier alpha value is -2.76. The molecule has 2 aromatic carbocycles. The second-order valence-corrected chi connectivity index (χ2v) is 5.25. The summed E-state index contributed by atoms with van der Waals surface area (Å²) in [4.78, 5) is 0. The number of allylic oxidation sites excluding steroid dienone is 1. The average molecular weight is 305 g/mol. The molecule has 0 aliphatic rings. The van der Waals surface area contributed by atoms with Crippen molar-refractivity contribution in [3.05, 3.63) is 89.2 Å². The van der Waals surface area contributed by atoms with Gasteiger partial charge in [0.1, 0.15) is 0 Å². The van der Waals surface area contributed by atoms with Gasteiger partial charge in [0.2, 0.25) is 0 Å². The van der Waals surface area contributed by atoms with Crippen LogP contribution in [0.1, 0.15) is 11.3 Å². The lowest BCUT2D eigenvalue weighted by Gasteiger charge is -2.07. The molecule has 2 nitrogen and oxygen atoms in total. The molecular weight excluding hydrogens is 292 g/mol. The molecule has 3 rings (SSSR count). The molecule has 0 atom stereocenters. The number of hydrogen-bond acceptors (Lipinski definition) is 1. The zero-order chi connectivity index (χ0) is 15.4. The van der Waals surface area contributed by atoms with Crippen molar-refractivity contribution in [1.82, 2.24) is 4.57 Å². The minimum Gasteiger partial charge on any atom is -0.317 e. The molecule has 0 unspecified atom stereocenters. The number of aromatic nitrogens is 1. The van der Waals surface area contributed by atoms with Crippen LogP contribution in [-0.2, 0) is 0 Å². The number of halogens is 1. The molecule has 3 heteroatoms. The largest absolute Gasteiger partial charge is 0.317 e. The van der Waals surface area contributed by atoms with E-state index < -0.39 is 0 Å². The second kappa shape index (κ2) is 6.34. The number of nitriles is 1. The van der Waals surface area contributed by atoms with Gasteiger partial charge in [0.15, 0.2) is 0 Å². The third-order valence-electron chi connectivity index (χ3n) is 3.38. The van der Waals surface area contributed by atoms with Crippen LogP contribution in [0.5, 0.6) is 0 Å². The number of hydrogen-bond donors (Lipinski definition) is 0. The minimum absolute atomic E-state index is 0.634. The van der Waals surface area contributed by atoms with Crippen LogP contribution < -0.4 is 0 Å². The van der Waals surface area contributed by atoms with Crippen LogP contribution >= 0.6 is 11.6 Å². The molecule has 0 N–H and O–H groups in total. The van der Waals surface area contributed by atoms with Crippen LogP contribution in [0.4, 0.5) is 0 Å². The number of benzene rings is 2. The summed E-state index contributed by atoms with van der Waals surface area (Å²) in [5, 5.41) is 10.1. The monoisotopic (exact) mass is 304 g/mol. The van der Waals surface area contributed by atoms with Gasteiger partial charge < -0.3 is 4.57 Å². The molecule has 1 aromatic heterocycles. The van der Waals surface area contributed by atoms with E-state index in [1.165, 1.54) is 0 Å². The first-order valence-corrected chi connectivity index (χ1v) is 7.26. The van der Waals surface area contributed by atoms with Crippen molar-refractivity contribution in [3.8, 4) is 11.8 Å². The van der Waals surface area contributed by atoms with Gasteiger partial charge in [-0.25, -0.2) is 0 Å². The summed E-state index contributed by atoms with van der Waals surface area (Å²) in [6, 6.07) is 23.5. The van der Waals surface area contributed by atoms with Gasteiger partial charge in [-0.2, -0.15) is 5.26 Å². The molecule has 1 heterocycles. The van der Waals surface area contributed by atoms with Crippen LogP contribution in [0.2, 0.25) is 5.02 Å². The van der Waals surface area contributed by atoms with E-state index in [9.17, 15) is 5.26 Å². The Bertz CT molecular complexity index is 837. The summed E-state index contributed by atoms with van der Waals surface area (Å²) < 4.78 is 2.02. The van der Waals surface area contributed by atoms with Gasteiger partial charge in [-0.15, -0.1) is 0 Å². The fourth-order valence-electron chi connectivity index (χ4n) is 2.29. The maximum absolute atomic E-state index is 9.43. The molecule has 0 fully saturated rings. The van der Waals surface area contributed by atoms with E-state index in [1.54, 1.807) is 0 Å². The van der Waals surface area contributed by atoms with Crippen molar-refractivity contribution in [2.45, 2.75) is 0 Å². The predicted molar refractivity (Wildman–Crippen MR) is 90.7 cm³/mol. The molecule has 0 radical (unpaired) electrons. The molecule has 0 saturated heterocycles. The Morgan fingerprint density at radius 3 is 2.36 bits per heavy atom. The van der Waals surface area contributed by atoms with Crippen LogP contribution in [0.25, 0.3) is 17.3 Å². The Kier molecular flexibility index (Phi) is 4.09. The van der Waals surface area contributed by atoms with E-state index in [1.807, 2.05) is 83.6 Å². The molecule has 22 heavy (non-hydrogen) atoms. The van der Waals surface area contributed by atoms with Gasteiger partial charge in [-0.3, -0.25) is 0 Å². The summed E-state index contributed by atoms with van der Waals surface area (Å²) >= 11 is 5.94. The standard InChI is InChI=1S/C19H13ClN2/c20-17-8-10-18(11-9-17)22-12-4-7-19(22)13-16(14-21)15-5-2-1-3-6-15/h1-13H/b16-13-. The second-order valence-electron chi connectivity index (χ2n) is 4.82. The maximum atomic E-state index is 9.43. The van der Waals surface area contributed by atoms with E-state index in [4.69, 9.17) is 11.6 Å². The lowest BCUT2D eigenvalue weighted by Crippen LogP contribution is -1.94. The van der Waals surface area contributed by atoms with Crippen molar-refractivity contribution in [2.75, 3.05) is 0 Å². The Labute approximate surface area is 134 Å². The van der Waals surface area contributed by atoms with E-state index >= 15 is 0 Å². The quantitative estimate of drug-likeness (QED) is 0.612. The summed E-state index contributed by atoms with van der Waals surface area (Å²) in [6.45, 7) is 0. The SMILES string of the molecule is N#C/C(=C/c1cccn1-c1ccc(Cl)cc1)c1ccccc1. The fourth-order valence-corrected chi connectivity index (χ4v) is 2.42. The smallest absolute Gasteiger partial charge is 0.0998 e. The summed E-state index contributed by atoms with van der Waals surface area (Å²) in [7, 11) is 0.